The number of halogens is 1. The Bertz CT molecular complexity index is 958. The highest BCUT2D eigenvalue weighted by atomic mass is 32.1. The van der Waals surface area contributed by atoms with Crippen LogP contribution in [0.3, 0.4) is 0 Å². The third-order valence-electron chi connectivity index (χ3n) is 6.67. The van der Waals surface area contributed by atoms with Crippen molar-refractivity contribution in [2.24, 2.45) is 0 Å². The zero-order valence-electron chi connectivity index (χ0n) is 16.6. The van der Waals surface area contributed by atoms with Gasteiger partial charge in [0.05, 0.1) is 0 Å². The van der Waals surface area contributed by atoms with Crippen molar-refractivity contribution in [3.8, 4) is 0 Å². The second-order valence-electron chi connectivity index (χ2n) is 8.37. The molecule has 2 aromatic rings. The van der Waals surface area contributed by atoms with Crippen molar-refractivity contribution in [1.29, 1.82) is 0 Å². The van der Waals surface area contributed by atoms with Gasteiger partial charge in [0.1, 0.15) is 5.82 Å². The maximum atomic E-state index is 14.4. The number of fused-ring (bicyclic) bond motifs is 1. The molecule has 0 amide bonds. The van der Waals surface area contributed by atoms with E-state index in [0.717, 1.165) is 19.3 Å². The fourth-order valence-corrected chi connectivity index (χ4v) is 6.19. The van der Waals surface area contributed by atoms with Crippen LogP contribution in [-0.4, -0.2) is 35.8 Å². The number of rotatable bonds is 4. The minimum atomic E-state index is -1.43. The van der Waals surface area contributed by atoms with Gasteiger partial charge in [-0.1, -0.05) is 18.2 Å². The summed E-state index contributed by atoms with van der Waals surface area (Å²) in [6.07, 6.45) is 5.35. The minimum Gasteiger partial charge on any atom is -0.400 e. The molecule has 5 rings (SSSR count). The quantitative estimate of drug-likeness (QED) is 0.535. The number of likely N-dealkylation sites (tertiary alicyclic amines) is 1. The van der Waals surface area contributed by atoms with E-state index in [1.165, 1.54) is 22.9 Å². The number of carbonyl (C=O) groups excluding carboxylic acids is 2. The summed E-state index contributed by atoms with van der Waals surface area (Å²) in [4.78, 5) is 27.3. The van der Waals surface area contributed by atoms with Crippen LogP contribution in [0, 0.1) is 5.82 Å². The van der Waals surface area contributed by atoms with E-state index in [0.29, 0.717) is 31.0 Å². The van der Waals surface area contributed by atoms with Gasteiger partial charge in [0.15, 0.2) is 0 Å². The Hall–Kier alpha value is -2.25. The van der Waals surface area contributed by atoms with E-state index in [1.54, 1.807) is 18.2 Å². The third-order valence-corrected chi connectivity index (χ3v) is 7.67. The molecule has 3 heterocycles. The average Bonchev–Trinajstić information content (AvgIpc) is 3.32. The lowest BCUT2D eigenvalue weighted by molar-refractivity contribution is -0.267. The van der Waals surface area contributed by atoms with E-state index in [-0.39, 0.29) is 18.2 Å². The van der Waals surface area contributed by atoms with Crippen molar-refractivity contribution in [3.63, 3.8) is 0 Å². The van der Waals surface area contributed by atoms with Crippen LogP contribution in [0.15, 0.2) is 35.7 Å². The number of thiophene rings is 1. The highest BCUT2D eigenvalue weighted by Crippen LogP contribution is 2.44. The standard InChI is InChI=1S/C23H24FNO4S/c24-19-6-2-1-5-17(19)16-9-12-25(23(14-16)28-21(26)22(27)29-23)11-8-15-4-3-7-20-18(15)10-13-30-20/h1-2,5-6,10,13,15-16H,3-4,7-9,11-12,14H2. The summed E-state index contributed by atoms with van der Waals surface area (Å²) in [6.45, 7) is 1.23. The average molecular weight is 430 g/mol. The van der Waals surface area contributed by atoms with E-state index in [9.17, 15) is 14.0 Å². The Balaban J connectivity index is 1.36. The van der Waals surface area contributed by atoms with Crippen molar-refractivity contribution in [3.05, 3.63) is 57.5 Å². The van der Waals surface area contributed by atoms with Crippen LogP contribution in [0.1, 0.15) is 59.9 Å². The van der Waals surface area contributed by atoms with Crippen molar-refractivity contribution < 1.29 is 23.5 Å². The normalized spacial score (nSPS) is 25.8. The molecule has 158 valence electrons. The zero-order chi connectivity index (χ0) is 20.7. The van der Waals surface area contributed by atoms with Gasteiger partial charge in [-0.3, -0.25) is 0 Å². The van der Waals surface area contributed by atoms with E-state index in [2.05, 4.69) is 11.4 Å². The topological polar surface area (TPSA) is 55.8 Å². The van der Waals surface area contributed by atoms with E-state index >= 15 is 0 Å². The molecule has 2 saturated heterocycles. The van der Waals surface area contributed by atoms with Crippen LogP contribution in [0.5, 0.6) is 0 Å². The number of esters is 2. The van der Waals surface area contributed by atoms with E-state index in [1.807, 2.05) is 16.2 Å². The second-order valence-corrected chi connectivity index (χ2v) is 9.37. The van der Waals surface area contributed by atoms with Crippen LogP contribution in [0.2, 0.25) is 0 Å². The number of benzene rings is 1. The maximum Gasteiger partial charge on any atom is 0.421 e. The monoisotopic (exact) mass is 429 g/mol. The van der Waals surface area contributed by atoms with Crippen molar-refractivity contribution in [2.45, 2.75) is 56.3 Å². The molecule has 0 radical (unpaired) electrons. The zero-order valence-corrected chi connectivity index (χ0v) is 17.5. The first-order valence-corrected chi connectivity index (χ1v) is 11.5. The van der Waals surface area contributed by atoms with Gasteiger partial charge in [-0.15, -0.1) is 11.3 Å². The fraction of sp³-hybridized carbons (Fsp3) is 0.478. The molecule has 2 unspecified atom stereocenters. The first kappa shape index (κ1) is 19.7. The molecule has 2 atom stereocenters. The number of piperidine rings is 1. The molecule has 2 aliphatic heterocycles. The molecule has 30 heavy (non-hydrogen) atoms. The van der Waals surface area contributed by atoms with Crippen molar-refractivity contribution in [1.82, 2.24) is 4.90 Å². The van der Waals surface area contributed by atoms with E-state index in [4.69, 9.17) is 9.47 Å². The summed E-state index contributed by atoms with van der Waals surface area (Å²) in [7, 11) is 0. The summed E-state index contributed by atoms with van der Waals surface area (Å²) in [5.74, 6) is -3.35. The van der Waals surface area contributed by atoms with Gasteiger partial charge in [0, 0.05) is 24.4 Å². The Labute approximate surface area is 178 Å². The summed E-state index contributed by atoms with van der Waals surface area (Å²) in [5.41, 5.74) is 2.01. The number of aryl methyl sites for hydroxylation is 1. The lowest BCUT2D eigenvalue weighted by Crippen LogP contribution is -2.55. The number of nitrogens with zero attached hydrogens (tertiary/aromatic N) is 1. The first-order chi connectivity index (χ1) is 14.6. The predicted molar refractivity (Wildman–Crippen MR) is 109 cm³/mol. The van der Waals surface area contributed by atoms with Gasteiger partial charge in [0.2, 0.25) is 0 Å². The van der Waals surface area contributed by atoms with Crippen LogP contribution in [0.25, 0.3) is 0 Å². The van der Waals surface area contributed by atoms with Gasteiger partial charge in [-0.25, -0.2) is 18.9 Å². The third kappa shape index (κ3) is 3.44. The van der Waals surface area contributed by atoms with Gasteiger partial charge < -0.3 is 9.47 Å². The molecule has 3 aliphatic rings. The summed E-state index contributed by atoms with van der Waals surface area (Å²) >= 11 is 1.82. The molecule has 1 aliphatic carbocycles. The molecule has 1 aromatic carbocycles. The molecule has 0 N–H and O–H groups in total. The van der Waals surface area contributed by atoms with Gasteiger partial charge >= 0.3 is 17.8 Å². The van der Waals surface area contributed by atoms with Crippen LogP contribution >= 0.6 is 11.3 Å². The first-order valence-electron chi connectivity index (χ1n) is 10.6. The van der Waals surface area contributed by atoms with Gasteiger partial charge in [-0.2, -0.15) is 0 Å². The summed E-state index contributed by atoms with van der Waals surface area (Å²) in [6, 6.07) is 8.86. The van der Waals surface area contributed by atoms with Gasteiger partial charge in [0.25, 0.3) is 0 Å². The Morgan fingerprint density at radius 3 is 2.70 bits per heavy atom. The molecular formula is C23H24FNO4S. The predicted octanol–water partition coefficient (Wildman–Crippen LogP) is 4.33. The molecule has 7 heteroatoms. The van der Waals surface area contributed by atoms with Crippen LogP contribution in [-0.2, 0) is 25.5 Å². The van der Waals surface area contributed by atoms with E-state index < -0.39 is 17.8 Å². The maximum absolute atomic E-state index is 14.4. The lowest BCUT2D eigenvalue weighted by atomic mass is 9.84. The Kier molecular flexibility index (Phi) is 5.11. The van der Waals surface area contributed by atoms with Crippen LogP contribution < -0.4 is 0 Å². The van der Waals surface area contributed by atoms with Crippen molar-refractivity contribution in [2.75, 3.05) is 13.1 Å². The number of hydrogen-bond acceptors (Lipinski definition) is 6. The minimum absolute atomic E-state index is 0.181. The number of hydrogen-bond donors (Lipinski definition) is 0. The van der Waals surface area contributed by atoms with Gasteiger partial charge in [-0.05, 0) is 72.6 Å². The summed E-state index contributed by atoms with van der Waals surface area (Å²) < 4.78 is 25.4. The molecule has 2 fully saturated rings. The molecule has 1 spiro atoms. The molecule has 1 aromatic heterocycles. The summed E-state index contributed by atoms with van der Waals surface area (Å²) in [5, 5.41) is 2.16. The SMILES string of the molecule is O=C1OC2(CC(c3ccccc3F)CCN2CCC2CCCc3sccc32)OC1=O. The molecular weight excluding hydrogens is 405 g/mol. The lowest BCUT2D eigenvalue weighted by Gasteiger charge is -2.44. The molecule has 0 saturated carbocycles. The smallest absolute Gasteiger partial charge is 0.400 e. The molecule has 0 bridgehead atoms. The Morgan fingerprint density at radius 1 is 1.10 bits per heavy atom. The molecule has 5 nitrogen and oxygen atoms in total. The number of ether oxygens (including phenoxy) is 2. The highest BCUT2D eigenvalue weighted by Gasteiger charge is 2.56. The second kappa shape index (κ2) is 7.78. The Morgan fingerprint density at radius 2 is 1.90 bits per heavy atom. The number of carbonyl (C=O) groups is 2. The highest BCUT2D eigenvalue weighted by molar-refractivity contribution is 7.10. The largest absolute Gasteiger partial charge is 0.421 e. The van der Waals surface area contributed by atoms with Crippen molar-refractivity contribution >= 4 is 23.3 Å². The van der Waals surface area contributed by atoms with Crippen LogP contribution in [0.4, 0.5) is 4.39 Å². The fourth-order valence-electron chi connectivity index (χ4n) is 5.18.